The van der Waals surface area contributed by atoms with Crippen molar-refractivity contribution in [1.29, 1.82) is 0 Å². The summed E-state index contributed by atoms with van der Waals surface area (Å²) in [6.07, 6.45) is 2.06. The molecule has 2 aromatic carbocycles. The predicted octanol–water partition coefficient (Wildman–Crippen LogP) is 4.84. The topological polar surface area (TPSA) is 105 Å². The number of carboxylic acid groups (broad SMARTS) is 1. The molecular weight excluding hydrogens is 444 g/mol. The Balaban J connectivity index is 1.28. The molecule has 2 amide bonds. The van der Waals surface area contributed by atoms with E-state index < -0.39 is 23.0 Å². The van der Waals surface area contributed by atoms with Crippen LogP contribution in [0.2, 0.25) is 0 Å². The maximum atomic E-state index is 12.6. The number of alkyl carbamates (subject to hydrolysis) is 1. The molecule has 1 fully saturated rings. The van der Waals surface area contributed by atoms with Gasteiger partial charge in [0.15, 0.2) is 0 Å². The zero-order valence-corrected chi connectivity index (χ0v) is 20.6. The van der Waals surface area contributed by atoms with Crippen LogP contribution in [0.15, 0.2) is 48.5 Å². The number of fused-ring (bicyclic) bond motifs is 3. The zero-order valence-electron chi connectivity index (χ0n) is 20.6. The summed E-state index contributed by atoms with van der Waals surface area (Å²) in [5, 5.41) is 15.3. The Bertz CT molecular complexity index is 1080. The van der Waals surface area contributed by atoms with Gasteiger partial charge >= 0.3 is 12.1 Å². The zero-order chi connectivity index (χ0) is 25.2. The number of rotatable bonds is 8. The maximum absolute atomic E-state index is 12.6. The van der Waals surface area contributed by atoms with Crippen LogP contribution in [-0.2, 0) is 14.3 Å². The number of carbonyl (C=O) groups is 3. The Morgan fingerprint density at radius 3 is 2.26 bits per heavy atom. The van der Waals surface area contributed by atoms with Crippen molar-refractivity contribution >= 4 is 18.0 Å². The Hall–Kier alpha value is -3.35. The summed E-state index contributed by atoms with van der Waals surface area (Å²) in [7, 11) is 0. The van der Waals surface area contributed by atoms with Crippen molar-refractivity contribution in [2.75, 3.05) is 6.61 Å². The molecular formula is C28H34N2O5. The van der Waals surface area contributed by atoms with Crippen LogP contribution < -0.4 is 10.6 Å². The highest BCUT2D eigenvalue weighted by atomic mass is 16.5. The second-order valence-electron chi connectivity index (χ2n) is 10.6. The van der Waals surface area contributed by atoms with Crippen molar-refractivity contribution in [1.82, 2.24) is 10.6 Å². The summed E-state index contributed by atoms with van der Waals surface area (Å²) in [4.78, 5) is 36.8. The number of carbonyl (C=O) groups excluding carboxylic acids is 2. The third-order valence-electron chi connectivity index (χ3n) is 7.54. The standard InChI is InChI=1S/C28H34N2O5/c1-27(2,16-14-24(31)29-23-13-8-15-28(23,3)25(32)33)30-26(34)35-17-22-20-11-6-4-9-18(20)19-10-5-7-12-21(19)22/h4-7,9-12,22-23H,8,13-17H2,1-3H3,(H,29,31)(H,30,34)(H,32,33). The normalized spacial score (nSPS) is 21.2. The minimum atomic E-state index is -0.926. The van der Waals surface area contributed by atoms with E-state index >= 15 is 0 Å². The number of nitrogens with one attached hydrogen (secondary N) is 2. The largest absolute Gasteiger partial charge is 0.481 e. The minimum Gasteiger partial charge on any atom is -0.481 e. The van der Waals surface area contributed by atoms with E-state index in [1.54, 1.807) is 6.92 Å². The second kappa shape index (κ2) is 9.72. The Labute approximate surface area is 206 Å². The number of hydrogen-bond donors (Lipinski definition) is 3. The third-order valence-corrected chi connectivity index (χ3v) is 7.54. The summed E-state index contributed by atoms with van der Waals surface area (Å²) < 4.78 is 5.63. The highest BCUT2D eigenvalue weighted by Crippen LogP contribution is 2.44. The van der Waals surface area contributed by atoms with Gasteiger partial charge in [0, 0.05) is 23.9 Å². The number of carboxylic acids is 1. The Morgan fingerprint density at radius 2 is 1.66 bits per heavy atom. The lowest BCUT2D eigenvalue weighted by molar-refractivity contribution is -0.149. The quantitative estimate of drug-likeness (QED) is 0.503. The van der Waals surface area contributed by atoms with Crippen LogP contribution in [-0.4, -0.2) is 41.3 Å². The van der Waals surface area contributed by atoms with Crippen molar-refractivity contribution in [2.24, 2.45) is 5.41 Å². The van der Waals surface area contributed by atoms with Gasteiger partial charge in [-0.05, 0) is 62.3 Å². The molecule has 0 spiro atoms. The lowest BCUT2D eigenvalue weighted by Crippen LogP contribution is -2.48. The van der Waals surface area contributed by atoms with E-state index in [2.05, 4.69) is 34.9 Å². The van der Waals surface area contributed by atoms with Gasteiger partial charge in [-0.2, -0.15) is 0 Å². The SMILES string of the molecule is CC(C)(CCC(=O)NC1CCCC1(C)C(=O)O)NC(=O)OCC1c2ccccc2-c2ccccc21. The van der Waals surface area contributed by atoms with E-state index in [1.165, 1.54) is 11.1 Å². The van der Waals surface area contributed by atoms with Crippen molar-refractivity contribution in [2.45, 2.75) is 70.4 Å². The first-order valence-electron chi connectivity index (χ1n) is 12.3. The van der Waals surface area contributed by atoms with Crippen LogP contribution in [0.1, 0.15) is 69.9 Å². The van der Waals surface area contributed by atoms with Crippen LogP contribution in [0.4, 0.5) is 4.79 Å². The molecule has 2 aliphatic rings. The van der Waals surface area contributed by atoms with Crippen LogP contribution in [0.5, 0.6) is 0 Å². The van der Waals surface area contributed by atoms with Gasteiger partial charge in [-0.15, -0.1) is 0 Å². The molecule has 2 atom stereocenters. The first kappa shape index (κ1) is 24.8. The molecule has 0 aliphatic heterocycles. The lowest BCUT2D eigenvalue weighted by Gasteiger charge is -2.29. The fourth-order valence-electron chi connectivity index (χ4n) is 5.32. The molecule has 186 valence electrons. The molecule has 2 aromatic rings. The van der Waals surface area contributed by atoms with E-state index in [0.717, 1.165) is 17.5 Å². The van der Waals surface area contributed by atoms with E-state index in [-0.39, 0.29) is 30.9 Å². The van der Waals surface area contributed by atoms with Gasteiger partial charge < -0.3 is 20.5 Å². The summed E-state index contributed by atoms with van der Waals surface area (Å²) >= 11 is 0. The maximum Gasteiger partial charge on any atom is 0.407 e. The van der Waals surface area contributed by atoms with E-state index in [1.807, 2.05) is 38.1 Å². The Kier molecular flexibility index (Phi) is 6.88. The fourth-order valence-corrected chi connectivity index (χ4v) is 5.32. The highest BCUT2D eigenvalue weighted by Gasteiger charge is 2.45. The van der Waals surface area contributed by atoms with E-state index in [0.29, 0.717) is 19.3 Å². The van der Waals surface area contributed by atoms with Crippen molar-refractivity contribution < 1.29 is 24.2 Å². The first-order chi connectivity index (χ1) is 16.6. The summed E-state index contributed by atoms with van der Waals surface area (Å²) in [6, 6.07) is 16.0. The summed E-state index contributed by atoms with van der Waals surface area (Å²) in [5.74, 6) is -1.10. The molecule has 1 saturated carbocycles. The molecule has 0 saturated heterocycles. The number of benzene rings is 2. The van der Waals surface area contributed by atoms with Crippen molar-refractivity contribution in [3.63, 3.8) is 0 Å². The van der Waals surface area contributed by atoms with Crippen LogP contribution in [0.25, 0.3) is 11.1 Å². The average molecular weight is 479 g/mol. The van der Waals surface area contributed by atoms with Gasteiger partial charge in [0.25, 0.3) is 0 Å². The Morgan fingerprint density at radius 1 is 1.06 bits per heavy atom. The molecule has 4 rings (SSSR count). The number of ether oxygens (including phenoxy) is 1. The van der Waals surface area contributed by atoms with Gasteiger partial charge in [0.05, 0.1) is 5.41 Å². The molecule has 35 heavy (non-hydrogen) atoms. The van der Waals surface area contributed by atoms with Crippen LogP contribution in [0, 0.1) is 5.41 Å². The minimum absolute atomic E-state index is 0.0167. The first-order valence-corrected chi connectivity index (χ1v) is 12.3. The number of hydrogen-bond acceptors (Lipinski definition) is 4. The monoisotopic (exact) mass is 478 g/mol. The molecule has 0 radical (unpaired) electrons. The van der Waals surface area contributed by atoms with Gasteiger partial charge in [-0.3, -0.25) is 9.59 Å². The van der Waals surface area contributed by atoms with Crippen LogP contribution >= 0.6 is 0 Å². The van der Waals surface area contributed by atoms with Crippen molar-refractivity contribution in [3.8, 4) is 11.1 Å². The van der Waals surface area contributed by atoms with Gasteiger partial charge in [0.2, 0.25) is 5.91 Å². The highest BCUT2D eigenvalue weighted by molar-refractivity contribution is 5.81. The molecule has 2 aliphatic carbocycles. The molecule has 7 heteroatoms. The molecule has 7 nitrogen and oxygen atoms in total. The summed E-state index contributed by atoms with van der Waals surface area (Å²) in [5.41, 5.74) is 3.06. The molecule has 0 aromatic heterocycles. The van der Waals surface area contributed by atoms with Gasteiger partial charge in [-0.25, -0.2) is 4.79 Å². The number of amides is 2. The van der Waals surface area contributed by atoms with E-state index in [9.17, 15) is 19.5 Å². The van der Waals surface area contributed by atoms with Gasteiger partial charge in [0.1, 0.15) is 6.61 Å². The summed E-state index contributed by atoms with van der Waals surface area (Å²) in [6.45, 7) is 5.61. The number of aliphatic carboxylic acids is 1. The van der Waals surface area contributed by atoms with Crippen molar-refractivity contribution in [3.05, 3.63) is 59.7 Å². The predicted molar refractivity (Wildman–Crippen MR) is 133 cm³/mol. The fraction of sp³-hybridized carbons (Fsp3) is 0.464. The molecule has 0 heterocycles. The lowest BCUT2D eigenvalue weighted by atomic mass is 9.84. The smallest absolute Gasteiger partial charge is 0.407 e. The molecule has 2 unspecified atom stereocenters. The molecule has 0 bridgehead atoms. The second-order valence-corrected chi connectivity index (χ2v) is 10.6. The van der Waals surface area contributed by atoms with Gasteiger partial charge in [-0.1, -0.05) is 55.0 Å². The van der Waals surface area contributed by atoms with E-state index in [4.69, 9.17) is 4.74 Å². The molecule has 3 N–H and O–H groups in total. The van der Waals surface area contributed by atoms with Crippen LogP contribution in [0.3, 0.4) is 0 Å². The third kappa shape index (κ3) is 5.19. The average Bonchev–Trinajstić information content (AvgIpc) is 3.35.